The molecule has 0 saturated heterocycles. The Hall–Kier alpha value is -2.73. The fraction of sp³-hybridized carbons (Fsp3) is 0.263. The van der Waals surface area contributed by atoms with Crippen LogP contribution in [0.3, 0.4) is 0 Å². The lowest BCUT2D eigenvalue weighted by atomic mass is 10.1. The molecule has 0 bridgehead atoms. The number of halogens is 1. The lowest BCUT2D eigenvalue weighted by Gasteiger charge is -2.16. The standard InChI is InChI=1S/C19H20FN3O2/c1-12(13-8-9-15(20)17(10-13)25-3)21-11-18-22-16-7-5-4-6-14(16)19(24)23(18)2/h4-10,12,21H,11H2,1-3H3/t12-/m0/s1. The summed E-state index contributed by atoms with van der Waals surface area (Å²) in [5, 5.41) is 3.92. The minimum atomic E-state index is -0.392. The number of aromatic nitrogens is 2. The van der Waals surface area contributed by atoms with Gasteiger partial charge in [0.2, 0.25) is 0 Å². The van der Waals surface area contributed by atoms with Gasteiger partial charge in [-0.1, -0.05) is 18.2 Å². The number of hydrogen-bond donors (Lipinski definition) is 1. The van der Waals surface area contributed by atoms with Crippen LogP contribution in [0.2, 0.25) is 0 Å². The number of fused-ring (bicyclic) bond motifs is 1. The SMILES string of the molecule is COc1cc([C@H](C)NCc2nc3ccccc3c(=O)n2C)ccc1F. The molecule has 0 fully saturated rings. The van der Waals surface area contributed by atoms with E-state index in [9.17, 15) is 9.18 Å². The summed E-state index contributed by atoms with van der Waals surface area (Å²) < 4.78 is 20.1. The molecule has 0 unspecified atom stereocenters. The van der Waals surface area contributed by atoms with Crippen molar-refractivity contribution in [3.63, 3.8) is 0 Å². The van der Waals surface area contributed by atoms with Gasteiger partial charge in [0.25, 0.3) is 5.56 Å². The van der Waals surface area contributed by atoms with E-state index in [1.54, 1.807) is 29.8 Å². The molecular formula is C19H20FN3O2. The molecule has 130 valence electrons. The van der Waals surface area contributed by atoms with Crippen molar-refractivity contribution in [1.82, 2.24) is 14.9 Å². The van der Waals surface area contributed by atoms with Gasteiger partial charge in [0.15, 0.2) is 11.6 Å². The Morgan fingerprint density at radius 1 is 1.28 bits per heavy atom. The first-order valence-corrected chi connectivity index (χ1v) is 8.02. The predicted molar refractivity (Wildman–Crippen MR) is 95.2 cm³/mol. The van der Waals surface area contributed by atoms with Crippen LogP contribution in [0.25, 0.3) is 10.9 Å². The second kappa shape index (κ2) is 7.03. The molecule has 1 aromatic heterocycles. The van der Waals surface area contributed by atoms with Crippen molar-refractivity contribution in [1.29, 1.82) is 0 Å². The normalized spacial score (nSPS) is 12.3. The number of hydrogen-bond acceptors (Lipinski definition) is 4. The molecule has 3 aromatic rings. The number of benzene rings is 2. The third kappa shape index (κ3) is 3.39. The summed E-state index contributed by atoms with van der Waals surface area (Å²) in [6.07, 6.45) is 0. The molecule has 5 nitrogen and oxygen atoms in total. The zero-order chi connectivity index (χ0) is 18.0. The van der Waals surface area contributed by atoms with Gasteiger partial charge in [-0.05, 0) is 36.8 Å². The largest absolute Gasteiger partial charge is 0.494 e. The average molecular weight is 341 g/mol. The Balaban J connectivity index is 1.83. The van der Waals surface area contributed by atoms with Gasteiger partial charge in [-0.15, -0.1) is 0 Å². The number of para-hydroxylation sites is 1. The Morgan fingerprint density at radius 2 is 2.04 bits per heavy atom. The second-order valence-corrected chi connectivity index (χ2v) is 5.91. The van der Waals surface area contributed by atoms with E-state index in [1.165, 1.54) is 13.2 Å². The molecular weight excluding hydrogens is 321 g/mol. The van der Waals surface area contributed by atoms with E-state index >= 15 is 0 Å². The smallest absolute Gasteiger partial charge is 0.261 e. The first-order chi connectivity index (χ1) is 12.0. The van der Waals surface area contributed by atoms with Crippen LogP contribution >= 0.6 is 0 Å². The molecule has 0 aliphatic rings. The number of nitrogens with one attached hydrogen (secondary N) is 1. The minimum absolute atomic E-state index is 0.0575. The van der Waals surface area contributed by atoms with Gasteiger partial charge < -0.3 is 10.1 Å². The highest BCUT2D eigenvalue weighted by Gasteiger charge is 2.12. The van der Waals surface area contributed by atoms with Crippen molar-refractivity contribution in [2.24, 2.45) is 7.05 Å². The van der Waals surface area contributed by atoms with Crippen LogP contribution < -0.4 is 15.6 Å². The zero-order valence-electron chi connectivity index (χ0n) is 14.4. The number of rotatable bonds is 5. The summed E-state index contributed by atoms with van der Waals surface area (Å²) in [7, 11) is 3.15. The molecule has 6 heteroatoms. The predicted octanol–water partition coefficient (Wildman–Crippen LogP) is 2.93. The van der Waals surface area contributed by atoms with Crippen LogP contribution in [-0.4, -0.2) is 16.7 Å². The fourth-order valence-corrected chi connectivity index (χ4v) is 2.73. The van der Waals surface area contributed by atoms with Gasteiger partial charge >= 0.3 is 0 Å². The highest BCUT2D eigenvalue weighted by molar-refractivity contribution is 5.77. The van der Waals surface area contributed by atoms with Crippen molar-refractivity contribution in [3.8, 4) is 5.75 Å². The van der Waals surface area contributed by atoms with Gasteiger partial charge in [-0.3, -0.25) is 9.36 Å². The molecule has 0 aliphatic heterocycles. The van der Waals surface area contributed by atoms with E-state index in [0.29, 0.717) is 23.3 Å². The van der Waals surface area contributed by atoms with Crippen molar-refractivity contribution in [3.05, 3.63) is 70.0 Å². The van der Waals surface area contributed by atoms with E-state index in [-0.39, 0.29) is 17.4 Å². The van der Waals surface area contributed by atoms with Crippen molar-refractivity contribution >= 4 is 10.9 Å². The topological polar surface area (TPSA) is 56.1 Å². The maximum atomic E-state index is 13.5. The average Bonchev–Trinajstić information content (AvgIpc) is 2.63. The van der Waals surface area contributed by atoms with Gasteiger partial charge in [0.1, 0.15) is 5.82 Å². The summed E-state index contributed by atoms with van der Waals surface area (Å²) >= 11 is 0. The second-order valence-electron chi connectivity index (χ2n) is 5.91. The first kappa shape index (κ1) is 17.1. The molecule has 1 N–H and O–H groups in total. The van der Waals surface area contributed by atoms with Crippen LogP contribution in [0, 0.1) is 5.82 Å². The van der Waals surface area contributed by atoms with Gasteiger partial charge in [-0.2, -0.15) is 0 Å². The maximum absolute atomic E-state index is 13.5. The molecule has 0 radical (unpaired) electrons. The van der Waals surface area contributed by atoms with E-state index in [4.69, 9.17) is 4.74 Å². The van der Waals surface area contributed by atoms with Crippen molar-refractivity contribution in [2.45, 2.75) is 19.5 Å². The first-order valence-electron chi connectivity index (χ1n) is 8.02. The molecule has 0 amide bonds. The van der Waals surface area contributed by atoms with Crippen LogP contribution in [-0.2, 0) is 13.6 Å². The molecule has 25 heavy (non-hydrogen) atoms. The van der Waals surface area contributed by atoms with Gasteiger partial charge in [-0.25, -0.2) is 9.37 Å². The quantitative estimate of drug-likeness (QED) is 0.775. The third-order valence-electron chi connectivity index (χ3n) is 4.32. The summed E-state index contributed by atoms with van der Waals surface area (Å²) in [4.78, 5) is 17.0. The number of nitrogens with zero attached hydrogens (tertiary/aromatic N) is 2. The van der Waals surface area contributed by atoms with Gasteiger partial charge in [0, 0.05) is 13.1 Å². The summed E-state index contributed by atoms with van der Waals surface area (Å²) in [5.74, 6) is 0.462. The molecule has 1 heterocycles. The number of ether oxygens (including phenoxy) is 1. The Morgan fingerprint density at radius 3 is 2.80 bits per heavy atom. The Labute approximate surface area is 145 Å². The summed E-state index contributed by atoms with van der Waals surface area (Å²) in [5.41, 5.74) is 1.50. The summed E-state index contributed by atoms with van der Waals surface area (Å²) in [6.45, 7) is 2.38. The van der Waals surface area contributed by atoms with E-state index < -0.39 is 5.82 Å². The molecule has 0 saturated carbocycles. The Kier molecular flexibility index (Phi) is 4.81. The number of methoxy groups -OCH3 is 1. The molecule has 1 atom stereocenters. The van der Waals surface area contributed by atoms with Crippen LogP contribution in [0.1, 0.15) is 24.4 Å². The fourth-order valence-electron chi connectivity index (χ4n) is 2.73. The van der Waals surface area contributed by atoms with E-state index in [1.807, 2.05) is 25.1 Å². The van der Waals surface area contributed by atoms with E-state index in [2.05, 4.69) is 10.3 Å². The van der Waals surface area contributed by atoms with Crippen molar-refractivity contribution in [2.75, 3.05) is 7.11 Å². The van der Waals surface area contributed by atoms with Gasteiger partial charge in [0.05, 0.1) is 24.6 Å². The highest BCUT2D eigenvalue weighted by Crippen LogP contribution is 2.22. The van der Waals surface area contributed by atoms with E-state index in [0.717, 1.165) is 5.56 Å². The lowest BCUT2D eigenvalue weighted by Crippen LogP contribution is -2.27. The maximum Gasteiger partial charge on any atom is 0.261 e. The zero-order valence-corrected chi connectivity index (χ0v) is 14.4. The molecule has 2 aromatic carbocycles. The monoisotopic (exact) mass is 341 g/mol. The molecule has 0 aliphatic carbocycles. The van der Waals surface area contributed by atoms with Crippen LogP contribution in [0.4, 0.5) is 4.39 Å². The van der Waals surface area contributed by atoms with Crippen LogP contribution in [0.5, 0.6) is 5.75 Å². The molecule has 3 rings (SSSR count). The third-order valence-corrected chi connectivity index (χ3v) is 4.32. The lowest BCUT2D eigenvalue weighted by molar-refractivity contribution is 0.385. The van der Waals surface area contributed by atoms with Crippen LogP contribution in [0.15, 0.2) is 47.3 Å². The Bertz CT molecular complexity index is 969. The molecule has 0 spiro atoms. The minimum Gasteiger partial charge on any atom is -0.494 e. The highest BCUT2D eigenvalue weighted by atomic mass is 19.1. The van der Waals surface area contributed by atoms with Crippen molar-refractivity contribution < 1.29 is 9.13 Å². The summed E-state index contributed by atoms with van der Waals surface area (Å²) in [6, 6.07) is 12.0.